The third-order valence-electron chi connectivity index (χ3n) is 8.72. The van der Waals surface area contributed by atoms with Gasteiger partial charge in [0.25, 0.3) is 0 Å². The van der Waals surface area contributed by atoms with E-state index in [1.807, 2.05) is 0 Å². The number of nitrogens with zero attached hydrogens (tertiary/aromatic N) is 3. The average Bonchev–Trinajstić information content (AvgIpc) is 3.15. The lowest BCUT2D eigenvalue weighted by Crippen LogP contribution is -2.41. The molecule has 9 N–H and O–H groups in total. The summed E-state index contributed by atoms with van der Waals surface area (Å²) in [5.74, 6) is -5.37. The molecule has 1 aliphatic rings. The van der Waals surface area contributed by atoms with Gasteiger partial charge in [-0.2, -0.15) is 0 Å². The SMILES string of the molecule is CC(=O)NC1CCC[N+](O)=C(O)C=C(C)CCOC(=O)C(NC(C)=O)CCC[N+](O)=C(O)C=C(C)CCOC(=O)C(NC(C)=O)CCC[N+](O)=C(O)C=C(C)CCOC1=O. The Morgan fingerprint density at radius 1 is 0.517 bits per heavy atom. The van der Waals surface area contributed by atoms with Crippen molar-refractivity contribution in [1.82, 2.24) is 16.0 Å². The van der Waals surface area contributed by atoms with Gasteiger partial charge < -0.3 is 45.5 Å². The fourth-order valence-corrected chi connectivity index (χ4v) is 5.50. The van der Waals surface area contributed by atoms with E-state index in [4.69, 9.17) is 14.2 Å². The summed E-state index contributed by atoms with van der Waals surface area (Å²) in [5, 5.41) is 69.8. The molecule has 336 valence electrons. The average molecular weight is 856 g/mol. The second kappa shape index (κ2) is 27.5. The van der Waals surface area contributed by atoms with Gasteiger partial charge in [-0.25, -0.2) is 14.4 Å². The topological polar surface area (TPSA) is 297 Å². The maximum atomic E-state index is 12.8. The molecule has 0 aromatic carbocycles. The largest absolute Gasteiger partial charge is 0.464 e. The summed E-state index contributed by atoms with van der Waals surface area (Å²) in [6.07, 6.45) is 4.66. The fraction of sp³-hybridized carbons (Fsp3) is 0.615. The normalized spacial score (nSPS) is 22.2. The standard InChI is InChI=1S/C39H60N6O15/c1-25-13-19-58-37(52)31(40-28(4)46)11-8-17-44(56)35(50)23-27(3)15-21-60-39(54)33(42-30(6)48)12-9-18-45(57)36(51)24-26(2)14-20-59-38(53)32(41-29(5)47)10-7-16-43(55)34(49)22-25/h22-24,31-33,55-57H,7-21H2,1-6H3,(H3,40,41,42,46,47,48)/p+3. The summed E-state index contributed by atoms with van der Waals surface area (Å²) < 4.78 is 17.6. The first-order valence-corrected chi connectivity index (χ1v) is 19.6. The van der Waals surface area contributed by atoms with E-state index in [-0.39, 0.29) is 97.2 Å². The zero-order valence-corrected chi connectivity index (χ0v) is 35.3. The van der Waals surface area contributed by atoms with Gasteiger partial charge in [-0.05, 0) is 40.0 Å². The Morgan fingerprint density at radius 2 is 0.750 bits per heavy atom. The Labute approximate surface area is 348 Å². The minimum absolute atomic E-state index is 0.0344. The Hall–Kier alpha value is -6.15. The number of ether oxygens (including phenoxy) is 3. The van der Waals surface area contributed by atoms with Crippen LogP contribution >= 0.6 is 0 Å². The molecule has 1 heterocycles. The second-order valence-electron chi connectivity index (χ2n) is 14.4. The summed E-state index contributed by atoms with van der Waals surface area (Å²) in [5.41, 5.74) is 1.54. The molecule has 0 radical (unpaired) electrons. The number of nitrogens with one attached hydrogen (secondary N) is 3. The molecule has 3 unspecified atom stereocenters. The molecular weight excluding hydrogens is 792 g/mol. The van der Waals surface area contributed by atoms with E-state index in [1.165, 1.54) is 39.0 Å². The molecule has 21 heteroatoms. The van der Waals surface area contributed by atoms with Gasteiger partial charge in [0, 0.05) is 73.5 Å². The van der Waals surface area contributed by atoms with Crippen molar-refractivity contribution < 1.29 is 88.1 Å². The van der Waals surface area contributed by atoms with Crippen LogP contribution in [0.1, 0.15) is 99.3 Å². The van der Waals surface area contributed by atoms with Crippen LogP contribution in [-0.4, -0.2) is 156 Å². The molecule has 3 atom stereocenters. The first-order valence-electron chi connectivity index (χ1n) is 19.6. The molecule has 3 amide bonds. The van der Waals surface area contributed by atoms with Gasteiger partial charge in [0.2, 0.25) is 17.7 Å². The lowest BCUT2D eigenvalue weighted by Gasteiger charge is -2.16. The summed E-state index contributed by atoms with van der Waals surface area (Å²) in [4.78, 5) is 73.8. The summed E-state index contributed by atoms with van der Waals surface area (Å²) in [6.45, 7) is 7.66. The molecule has 0 aromatic heterocycles. The van der Waals surface area contributed by atoms with Crippen LogP contribution in [0.5, 0.6) is 0 Å². The zero-order chi connectivity index (χ0) is 45.4. The minimum Gasteiger partial charge on any atom is -0.464 e. The quantitative estimate of drug-likeness (QED) is 0.0843. The second-order valence-corrected chi connectivity index (χ2v) is 14.4. The minimum atomic E-state index is -1.08. The number of aliphatic hydroxyl groups excluding tert-OH is 3. The number of esters is 3. The predicted molar refractivity (Wildman–Crippen MR) is 212 cm³/mol. The van der Waals surface area contributed by atoms with E-state index in [0.717, 1.165) is 0 Å². The van der Waals surface area contributed by atoms with Crippen molar-refractivity contribution in [2.45, 2.75) is 117 Å². The number of rotatable bonds is 3. The third kappa shape index (κ3) is 22.1. The van der Waals surface area contributed by atoms with Crippen LogP contribution < -0.4 is 16.0 Å². The van der Waals surface area contributed by atoms with Gasteiger partial charge >= 0.3 is 35.6 Å². The molecular formula is C39H63N6O15+3. The van der Waals surface area contributed by atoms with E-state index >= 15 is 0 Å². The van der Waals surface area contributed by atoms with Gasteiger partial charge in [-0.15, -0.1) is 0 Å². The van der Waals surface area contributed by atoms with Crippen LogP contribution in [0.15, 0.2) is 34.9 Å². The molecule has 60 heavy (non-hydrogen) atoms. The molecule has 0 aromatic rings. The van der Waals surface area contributed by atoms with Crippen LogP contribution in [-0.2, 0) is 43.0 Å². The van der Waals surface area contributed by atoms with Gasteiger partial charge in [0.05, 0.1) is 38.0 Å². The molecule has 0 aliphatic carbocycles. The molecule has 1 aliphatic heterocycles. The monoisotopic (exact) mass is 855 g/mol. The highest BCUT2D eigenvalue weighted by Gasteiger charge is 2.26. The number of carbonyl (C=O) groups is 6. The first kappa shape index (κ1) is 51.9. The lowest BCUT2D eigenvalue weighted by atomic mass is 10.1. The fourth-order valence-electron chi connectivity index (χ4n) is 5.50. The Kier molecular flexibility index (Phi) is 23.8. The molecule has 0 fully saturated rings. The van der Waals surface area contributed by atoms with E-state index < -0.39 is 71.4 Å². The van der Waals surface area contributed by atoms with Crippen LogP contribution in [0.25, 0.3) is 0 Å². The van der Waals surface area contributed by atoms with Crippen molar-refractivity contribution in [1.29, 1.82) is 0 Å². The third-order valence-corrected chi connectivity index (χ3v) is 8.72. The van der Waals surface area contributed by atoms with Crippen LogP contribution in [0.3, 0.4) is 0 Å². The number of hydrogen-bond donors (Lipinski definition) is 9. The van der Waals surface area contributed by atoms with Crippen molar-refractivity contribution in [3.05, 3.63) is 34.9 Å². The summed E-state index contributed by atoms with van der Waals surface area (Å²) in [6, 6.07) is -3.23. The van der Waals surface area contributed by atoms with Gasteiger partial charge in [-0.1, -0.05) is 16.7 Å². The highest BCUT2D eigenvalue weighted by atomic mass is 16.5. The lowest BCUT2D eigenvalue weighted by molar-refractivity contribution is -0.778. The van der Waals surface area contributed by atoms with Gasteiger partial charge in [-0.3, -0.25) is 30.0 Å². The van der Waals surface area contributed by atoms with Gasteiger partial charge in [0.15, 0.2) is 19.6 Å². The number of carbonyl (C=O) groups excluding carboxylic acids is 6. The molecule has 0 bridgehead atoms. The van der Waals surface area contributed by atoms with Crippen molar-refractivity contribution in [3.8, 4) is 0 Å². The van der Waals surface area contributed by atoms with E-state index in [9.17, 15) is 59.7 Å². The van der Waals surface area contributed by atoms with E-state index in [2.05, 4.69) is 16.0 Å². The van der Waals surface area contributed by atoms with Crippen LogP contribution in [0.2, 0.25) is 0 Å². The Morgan fingerprint density at radius 3 is 0.967 bits per heavy atom. The smallest absolute Gasteiger partial charge is 0.408 e. The van der Waals surface area contributed by atoms with Crippen molar-refractivity contribution in [2.75, 3.05) is 39.5 Å². The van der Waals surface area contributed by atoms with Crippen LogP contribution in [0, 0.1) is 0 Å². The molecule has 1 rings (SSSR count). The summed E-state index contributed by atoms with van der Waals surface area (Å²) >= 11 is 0. The highest BCUT2D eigenvalue weighted by molar-refractivity contribution is 5.85. The van der Waals surface area contributed by atoms with E-state index in [1.54, 1.807) is 20.8 Å². The molecule has 0 saturated heterocycles. The van der Waals surface area contributed by atoms with Gasteiger partial charge in [0.1, 0.15) is 18.1 Å². The Balaban J connectivity index is 3.27. The molecule has 0 saturated carbocycles. The van der Waals surface area contributed by atoms with Crippen molar-refractivity contribution >= 4 is 53.3 Å². The van der Waals surface area contributed by atoms with Crippen molar-refractivity contribution in [2.24, 2.45) is 0 Å². The maximum Gasteiger partial charge on any atom is 0.408 e. The maximum absolute atomic E-state index is 12.8. The molecule has 21 nitrogen and oxygen atoms in total. The first-order chi connectivity index (χ1) is 28.2. The Bertz CT molecular complexity index is 1520. The number of aliphatic hydroxyl groups is 3. The zero-order valence-electron chi connectivity index (χ0n) is 35.3. The number of amides is 3. The number of hydrogen-bond acceptors (Lipinski definition) is 12. The van der Waals surface area contributed by atoms with E-state index in [0.29, 0.717) is 30.9 Å². The highest BCUT2D eigenvalue weighted by Crippen LogP contribution is 2.09. The predicted octanol–water partition coefficient (Wildman–Crippen LogP) is 1.57. The number of cyclic esters (lactones) is 3. The van der Waals surface area contributed by atoms with Crippen LogP contribution in [0.4, 0.5) is 0 Å². The summed E-state index contributed by atoms with van der Waals surface area (Å²) in [7, 11) is 0. The number of hydroxylamine groups is 3. The van der Waals surface area contributed by atoms with Crippen molar-refractivity contribution in [3.63, 3.8) is 0 Å². The molecule has 0 spiro atoms.